The molecule has 6 nitrogen and oxygen atoms in total. The van der Waals surface area contributed by atoms with E-state index in [0.717, 1.165) is 18.2 Å². The fourth-order valence-electron chi connectivity index (χ4n) is 1.07. The summed E-state index contributed by atoms with van der Waals surface area (Å²) in [5.74, 6) is -4.34. The number of allylic oxidation sites excluding steroid dienone is 1. The number of aliphatic carboxylic acids is 2. The van der Waals surface area contributed by atoms with Gasteiger partial charge in [0.25, 0.3) is 0 Å². The average Bonchev–Trinajstić information content (AvgIpc) is 2.16. The summed E-state index contributed by atoms with van der Waals surface area (Å²) in [6, 6.07) is 0. The fourth-order valence-corrected chi connectivity index (χ4v) is 1.67. The maximum atomic E-state index is 10.6. The van der Waals surface area contributed by atoms with Gasteiger partial charge in [0, 0.05) is 0 Å². The summed E-state index contributed by atoms with van der Waals surface area (Å²) in [6.45, 7) is 0. The molecule has 1 rings (SSSR count). The largest absolute Gasteiger partial charge is 1.00 e. The zero-order chi connectivity index (χ0) is 11.6. The summed E-state index contributed by atoms with van der Waals surface area (Å²) in [7, 11) is -2.79. The van der Waals surface area contributed by atoms with Gasteiger partial charge in [0.2, 0.25) is 10.3 Å². The second-order valence-electron chi connectivity index (χ2n) is 2.70. The molecule has 0 aromatic rings. The van der Waals surface area contributed by atoms with Crippen LogP contribution in [0.5, 0.6) is 0 Å². The zero-order valence-corrected chi connectivity index (χ0v) is 11.0. The van der Waals surface area contributed by atoms with Gasteiger partial charge in [0.05, 0.1) is 22.3 Å². The van der Waals surface area contributed by atoms with E-state index in [1.165, 1.54) is 0 Å². The van der Waals surface area contributed by atoms with Crippen molar-refractivity contribution in [3.05, 3.63) is 23.8 Å². The molecule has 0 radical (unpaired) electrons. The van der Waals surface area contributed by atoms with E-state index in [2.05, 4.69) is 0 Å². The van der Waals surface area contributed by atoms with E-state index in [9.17, 15) is 23.1 Å². The van der Waals surface area contributed by atoms with Gasteiger partial charge in [-0.15, -0.1) is 0 Å². The van der Waals surface area contributed by atoms with Crippen LogP contribution in [0.4, 0.5) is 0 Å². The summed E-state index contributed by atoms with van der Waals surface area (Å²) in [6.07, 6.45) is 2.79. The van der Waals surface area contributed by atoms with Gasteiger partial charge < -0.3 is 15.0 Å². The number of carbonyl (C=O) groups is 2. The first kappa shape index (κ1) is 15.1. The molecule has 0 aromatic carbocycles. The van der Waals surface area contributed by atoms with E-state index in [1.807, 2.05) is 0 Å². The van der Waals surface area contributed by atoms with Crippen molar-refractivity contribution in [1.29, 1.82) is 0 Å². The van der Waals surface area contributed by atoms with Crippen LogP contribution in [0.3, 0.4) is 0 Å². The van der Waals surface area contributed by atoms with Crippen molar-refractivity contribution in [1.82, 2.24) is 0 Å². The molecule has 0 saturated carbocycles. The Morgan fingerprint density at radius 2 is 1.94 bits per heavy atom. The molecule has 0 aromatic heterocycles. The first-order valence-electron chi connectivity index (χ1n) is 3.73. The van der Waals surface area contributed by atoms with E-state index in [4.69, 9.17) is 5.11 Å². The first-order valence-corrected chi connectivity index (χ1v) is 4.81. The number of carboxylic acid groups (broad SMARTS) is 2. The Kier molecular flexibility index (Phi) is 5.66. The second kappa shape index (κ2) is 6.00. The third-order valence-electron chi connectivity index (χ3n) is 1.77. The smallest absolute Gasteiger partial charge is 0.549 e. The number of carboxylic acids is 2. The molecule has 80 valence electrons. The average molecular weight is 252 g/mol. The van der Waals surface area contributed by atoms with Crippen molar-refractivity contribution in [3.8, 4) is 0 Å². The third-order valence-corrected chi connectivity index (χ3v) is 2.52. The molecule has 1 N–H and O–H groups in total. The number of carbonyl (C=O) groups excluding carboxylic acids is 1. The maximum Gasteiger partial charge on any atom is 1.00 e. The predicted molar refractivity (Wildman–Crippen MR) is 47.3 cm³/mol. The normalized spacial score (nSPS) is 18.4. The van der Waals surface area contributed by atoms with Crippen LogP contribution in [0, 0.1) is 5.92 Å². The standard InChI is InChI=1S/C8H6O6S.Na/c9-7(10)4-1-2-5(8(11)12)6(3-4)15(13)14;/h1-3,5H,(H,9,10)(H,11,12);/q;+1/p-1. The van der Waals surface area contributed by atoms with Gasteiger partial charge in [-0.1, -0.05) is 12.2 Å². The van der Waals surface area contributed by atoms with E-state index in [1.54, 1.807) is 0 Å². The van der Waals surface area contributed by atoms with Crippen LogP contribution in [0.25, 0.3) is 0 Å². The molecule has 0 saturated heterocycles. The van der Waals surface area contributed by atoms with Crippen molar-refractivity contribution in [2.75, 3.05) is 0 Å². The van der Waals surface area contributed by atoms with E-state index in [0.29, 0.717) is 0 Å². The van der Waals surface area contributed by atoms with Crippen LogP contribution in [-0.4, -0.2) is 30.3 Å². The van der Waals surface area contributed by atoms with E-state index in [-0.39, 0.29) is 35.1 Å². The summed E-state index contributed by atoms with van der Waals surface area (Å²) in [5.41, 5.74) is -0.285. The Bertz CT molecular complexity index is 505. The van der Waals surface area contributed by atoms with E-state index < -0.39 is 33.0 Å². The van der Waals surface area contributed by atoms with Gasteiger partial charge in [-0.3, -0.25) is 0 Å². The molecular weight excluding hydrogens is 247 g/mol. The van der Waals surface area contributed by atoms with Crippen molar-refractivity contribution in [3.63, 3.8) is 0 Å². The number of hydrogen-bond donors (Lipinski definition) is 1. The van der Waals surface area contributed by atoms with E-state index >= 15 is 0 Å². The minimum atomic E-state index is -2.79. The summed E-state index contributed by atoms with van der Waals surface area (Å²) < 4.78 is 21.3. The zero-order valence-electron chi connectivity index (χ0n) is 8.21. The number of rotatable bonds is 2. The van der Waals surface area contributed by atoms with Crippen molar-refractivity contribution < 1.29 is 57.8 Å². The fraction of sp³-hybridized carbons (Fsp3) is 0.125. The molecule has 0 amide bonds. The van der Waals surface area contributed by atoms with Crippen LogP contribution >= 0.6 is 0 Å². The molecule has 0 aliphatic heterocycles. The quantitative estimate of drug-likeness (QED) is 0.389. The third kappa shape index (κ3) is 3.31. The SMILES string of the molecule is O=C(O)C1=CC(=S(=O)=O)C(C(=O)[O-])C=C1.[Na+]. The van der Waals surface area contributed by atoms with Gasteiger partial charge in [-0.05, 0) is 6.08 Å². The Hall–Kier alpha value is -0.890. The molecule has 1 atom stereocenters. The van der Waals surface area contributed by atoms with Crippen LogP contribution in [-0.2, 0) is 19.9 Å². The molecule has 1 aliphatic carbocycles. The number of hydrogen-bond acceptors (Lipinski definition) is 5. The molecule has 0 heterocycles. The van der Waals surface area contributed by atoms with Crippen LogP contribution in [0.1, 0.15) is 0 Å². The maximum absolute atomic E-state index is 10.6. The summed E-state index contributed by atoms with van der Waals surface area (Å²) >= 11 is 0. The van der Waals surface area contributed by atoms with Crippen molar-refractivity contribution in [2.24, 2.45) is 5.92 Å². The Labute approximate surface area is 114 Å². The minimum absolute atomic E-state index is 0. The molecule has 8 heteroatoms. The van der Waals surface area contributed by atoms with Gasteiger partial charge in [0.15, 0.2) is 0 Å². The van der Waals surface area contributed by atoms with Crippen molar-refractivity contribution in [2.45, 2.75) is 0 Å². The van der Waals surface area contributed by atoms with Gasteiger partial charge in [-0.2, -0.15) is 8.42 Å². The van der Waals surface area contributed by atoms with Gasteiger partial charge >= 0.3 is 35.5 Å². The Morgan fingerprint density at radius 3 is 2.31 bits per heavy atom. The molecule has 1 aliphatic rings. The summed E-state index contributed by atoms with van der Waals surface area (Å²) in [4.78, 5) is 20.5. The summed E-state index contributed by atoms with van der Waals surface area (Å²) in [5, 5.41) is 19.1. The molecule has 1 unspecified atom stereocenters. The molecule has 0 fully saturated rings. The molecule has 0 spiro atoms. The minimum Gasteiger partial charge on any atom is -0.549 e. The molecule has 16 heavy (non-hydrogen) atoms. The molecule has 0 bridgehead atoms. The van der Waals surface area contributed by atoms with Gasteiger partial charge in [-0.25, -0.2) is 4.79 Å². The first-order chi connectivity index (χ1) is 6.93. The monoisotopic (exact) mass is 252 g/mol. The van der Waals surface area contributed by atoms with Crippen LogP contribution < -0.4 is 34.7 Å². The van der Waals surface area contributed by atoms with Crippen molar-refractivity contribution >= 4 is 27.1 Å². The van der Waals surface area contributed by atoms with Crippen LogP contribution in [0.15, 0.2) is 23.8 Å². The second-order valence-corrected chi connectivity index (χ2v) is 3.64. The Morgan fingerprint density at radius 1 is 1.38 bits per heavy atom. The van der Waals surface area contributed by atoms with Crippen LogP contribution in [0.2, 0.25) is 0 Å². The Balaban J connectivity index is 0.00000225. The van der Waals surface area contributed by atoms with Gasteiger partial charge in [0.1, 0.15) is 0 Å². The topological polar surface area (TPSA) is 112 Å². The molecular formula is C8H5NaO6S. The predicted octanol–water partition coefficient (Wildman–Crippen LogP) is -5.01.